The van der Waals surface area contributed by atoms with E-state index in [2.05, 4.69) is 5.10 Å². The molecular weight excluding hydrogens is 232 g/mol. The fraction of sp³-hybridized carbons (Fsp3) is 0.250. The van der Waals surface area contributed by atoms with Crippen molar-refractivity contribution in [3.05, 3.63) is 39.4 Å². The number of nitrogens with zero attached hydrogens (tertiary/aromatic N) is 3. The first-order valence-electron chi connectivity index (χ1n) is 5.46. The van der Waals surface area contributed by atoms with Gasteiger partial charge >= 0.3 is 0 Å². The smallest absolute Gasteiger partial charge is 0.272 e. The molecule has 0 atom stereocenters. The minimum Gasteiger partial charge on any atom is -0.384 e. The van der Waals surface area contributed by atoms with Gasteiger partial charge in [0.1, 0.15) is 5.82 Å². The van der Waals surface area contributed by atoms with E-state index < -0.39 is 0 Å². The number of nitro groups is 1. The summed E-state index contributed by atoms with van der Waals surface area (Å²) in [6.45, 7) is 3.56. The lowest BCUT2D eigenvalue weighted by molar-refractivity contribution is -0.385. The van der Waals surface area contributed by atoms with Crippen LogP contribution in [0.2, 0.25) is 0 Å². The van der Waals surface area contributed by atoms with Crippen LogP contribution in [-0.2, 0) is 7.05 Å². The van der Waals surface area contributed by atoms with Gasteiger partial charge in [-0.1, -0.05) is 12.1 Å². The van der Waals surface area contributed by atoms with Crippen LogP contribution in [0.3, 0.4) is 0 Å². The van der Waals surface area contributed by atoms with Gasteiger partial charge in [0.15, 0.2) is 0 Å². The topological polar surface area (TPSA) is 87.0 Å². The van der Waals surface area contributed by atoms with Gasteiger partial charge in [-0.25, -0.2) is 0 Å². The molecule has 0 aliphatic rings. The highest BCUT2D eigenvalue weighted by molar-refractivity contribution is 5.70. The van der Waals surface area contributed by atoms with Crippen LogP contribution in [0.15, 0.2) is 18.2 Å². The van der Waals surface area contributed by atoms with E-state index in [1.807, 2.05) is 13.0 Å². The predicted molar refractivity (Wildman–Crippen MR) is 69.2 cm³/mol. The molecular formula is C12H14N4O2. The van der Waals surface area contributed by atoms with Crippen molar-refractivity contribution >= 4 is 11.5 Å². The lowest BCUT2D eigenvalue weighted by Crippen LogP contribution is -1.97. The summed E-state index contributed by atoms with van der Waals surface area (Å²) in [5.74, 6) is 0.563. The van der Waals surface area contributed by atoms with Crippen molar-refractivity contribution < 1.29 is 4.92 Å². The fourth-order valence-corrected chi connectivity index (χ4v) is 1.87. The van der Waals surface area contributed by atoms with Gasteiger partial charge in [0.2, 0.25) is 0 Å². The van der Waals surface area contributed by atoms with Crippen molar-refractivity contribution in [2.75, 3.05) is 5.73 Å². The Bertz CT molecular complexity index is 631. The molecule has 0 spiro atoms. The molecule has 6 nitrogen and oxygen atoms in total. The molecule has 94 valence electrons. The van der Waals surface area contributed by atoms with Crippen LogP contribution in [0.4, 0.5) is 11.5 Å². The maximum absolute atomic E-state index is 10.9. The summed E-state index contributed by atoms with van der Waals surface area (Å²) in [5.41, 5.74) is 8.77. The number of anilines is 1. The molecule has 0 amide bonds. The predicted octanol–water partition coefficient (Wildman–Crippen LogP) is 2.19. The summed E-state index contributed by atoms with van der Waals surface area (Å²) in [5, 5.41) is 15.2. The molecule has 0 saturated carbocycles. The lowest BCUT2D eigenvalue weighted by Gasteiger charge is -2.01. The van der Waals surface area contributed by atoms with E-state index in [0.29, 0.717) is 22.6 Å². The molecule has 0 aliphatic carbocycles. The van der Waals surface area contributed by atoms with E-state index >= 15 is 0 Å². The Kier molecular flexibility index (Phi) is 2.78. The average molecular weight is 246 g/mol. The first-order chi connectivity index (χ1) is 8.41. The molecule has 18 heavy (non-hydrogen) atoms. The molecule has 1 aromatic heterocycles. The summed E-state index contributed by atoms with van der Waals surface area (Å²) in [6.07, 6.45) is 0. The Hall–Kier alpha value is -2.37. The Balaban J connectivity index is 2.61. The SMILES string of the molecule is Cc1ccc(-c2nn(C)c(N)c2C)cc1[N+](=O)[O-]. The zero-order valence-corrected chi connectivity index (χ0v) is 10.5. The van der Waals surface area contributed by atoms with Crippen molar-refractivity contribution in [2.24, 2.45) is 7.05 Å². The molecule has 1 heterocycles. The van der Waals surface area contributed by atoms with Crippen molar-refractivity contribution in [1.29, 1.82) is 0 Å². The van der Waals surface area contributed by atoms with E-state index in [1.54, 1.807) is 24.7 Å². The van der Waals surface area contributed by atoms with E-state index in [9.17, 15) is 10.1 Å². The quantitative estimate of drug-likeness (QED) is 0.650. The van der Waals surface area contributed by atoms with Gasteiger partial charge in [-0.2, -0.15) is 5.10 Å². The number of hydrogen-bond acceptors (Lipinski definition) is 4. The second kappa shape index (κ2) is 4.14. The van der Waals surface area contributed by atoms with Crippen LogP contribution in [0.25, 0.3) is 11.3 Å². The number of rotatable bonds is 2. The Morgan fingerprint density at radius 2 is 2.06 bits per heavy atom. The van der Waals surface area contributed by atoms with Crippen LogP contribution in [0.1, 0.15) is 11.1 Å². The summed E-state index contributed by atoms with van der Waals surface area (Å²) in [7, 11) is 1.74. The van der Waals surface area contributed by atoms with Crippen molar-refractivity contribution in [2.45, 2.75) is 13.8 Å². The minimum atomic E-state index is -0.388. The van der Waals surface area contributed by atoms with E-state index in [1.165, 1.54) is 6.07 Å². The summed E-state index contributed by atoms with van der Waals surface area (Å²) >= 11 is 0. The van der Waals surface area contributed by atoms with Gasteiger partial charge < -0.3 is 5.73 Å². The van der Waals surface area contributed by atoms with E-state index in [0.717, 1.165) is 5.56 Å². The fourth-order valence-electron chi connectivity index (χ4n) is 1.87. The molecule has 2 N–H and O–H groups in total. The van der Waals surface area contributed by atoms with Crippen LogP contribution in [-0.4, -0.2) is 14.7 Å². The van der Waals surface area contributed by atoms with E-state index in [-0.39, 0.29) is 10.6 Å². The molecule has 0 fully saturated rings. The Morgan fingerprint density at radius 3 is 2.56 bits per heavy atom. The zero-order valence-electron chi connectivity index (χ0n) is 10.5. The van der Waals surface area contributed by atoms with Gasteiger partial charge in [-0.05, 0) is 13.8 Å². The van der Waals surface area contributed by atoms with Gasteiger partial charge in [0, 0.05) is 29.8 Å². The van der Waals surface area contributed by atoms with Crippen LogP contribution < -0.4 is 5.73 Å². The molecule has 0 bridgehead atoms. The zero-order chi connectivity index (χ0) is 13.4. The van der Waals surface area contributed by atoms with Gasteiger partial charge in [-0.3, -0.25) is 14.8 Å². The minimum absolute atomic E-state index is 0.0936. The maximum Gasteiger partial charge on any atom is 0.272 e. The van der Waals surface area contributed by atoms with Crippen molar-refractivity contribution in [3.8, 4) is 11.3 Å². The third kappa shape index (κ3) is 1.81. The van der Waals surface area contributed by atoms with Crippen LogP contribution in [0, 0.1) is 24.0 Å². The number of aromatic nitrogens is 2. The lowest BCUT2D eigenvalue weighted by atomic mass is 10.1. The number of nitrogens with two attached hydrogens (primary N) is 1. The number of hydrogen-bond donors (Lipinski definition) is 1. The van der Waals surface area contributed by atoms with Gasteiger partial charge in [0.05, 0.1) is 10.6 Å². The van der Waals surface area contributed by atoms with Crippen LogP contribution >= 0.6 is 0 Å². The van der Waals surface area contributed by atoms with E-state index in [4.69, 9.17) is 5.73 Å². The molecule has 0 saturated heterocycles. The second-order valence-corrected chi connectivity index (χ2v) is 4.24. The highest BCUT2D eigenvalue weighted by Crippen LogP contribution is 2.29. The van der Waals surface area contributed by atoms with Crippen molar-refractivity contribution in [1.82, 2.24) is 9.78 Å². The largest absolute Gasteiger partial charge is 0.384 e. The monoisotopic (exact) mass is 246 g/mol. The normalized spacial score (nSPS) is 10.6. The molecule has 2 aromatic rings. The summed E-state index contributed by atoms with van der Waals surface area (Å²) < 4.78 is 1.57. The Labute approximate surface area is 104 Å². The summed E-state index contributed by atoms with van der Waals surface area (Å²) in [4.78, 5) is 10.5. The third-order valence-corrected chi connectivity index (χ3v) is 3.02. The average Bonchev–Trinajstić information content (AvgIpc) is 2.57. The molecule has 0 unspecified atom stereocenters. The Morgan fingerprint density at radius 1 is 1.39 bits per heavy atom. The molecule has 6 heteroatoms. The molecule has 2 rings (SSSR count). The summed E-state index contributed by atoms with van der Waals surface area (Å²) in [6, 6.07) is 5.07. The number of benzene rings is 1. The number of nitrogen functional groups attached to an aromatic ring is 1. The number of nitro benzene ring substituents is 1. The van der Waals surface area contributed by atoms with Gasteiger partial charge in [-0.15, -0.1) is 0 Å². The highest BCUT2D eigenvalue weighted by atomic mass is 16.6. The number of aryl methyl sites for hydroxylation is 2. The molecule has 1 aromatic carbocycles. The highest BCUT2D eigenvalue weighted by Gasteiger charge is 2.16. The van der Waals surface area contributed by atoms with Crippen LogP contribution in [0.5, 0.6) is 0 Å². The maximum atomic E-state index is 10.9. The first-order valence-corrected chi connectivity index (χ1v) is 5.46. The van der Waals surface area contributed by atoms with Gasteiger partial charge in [0.25, 0.3) is 5.69 Å². The molecule has 0 aliphatic heterocycles. The van der Waals surface area contributed by atoms with Crippen molar-refractivity contribution in [3.63, 3.8) is 0 Å². The second-order valence-electron chi connectivity index (χ2n) is 4.24. The molecule has 0 radical (unpaired) electrons. The standard InChI is InChI=1S/C12H14N4O2/c1-7-4-5-9(6-10(7)16(17)18)11-8(2)12(13)15(3)14-11/h4-6H,13H2,1-3H3. The first kappa shape index (κ1) is 12.1. The third-order valence-electron chi connectivity index (χ3n) is 3.02.